The molecule has 0 N–H and O–H groups in total. The summed E-state index contributed by atoms with van der Waals surface area (Å²) < 4.78 is 5.33. The fourth-order valence-electron chi connectivity index (χ4n) is 2.42. The van der Waals surface area contributed by atoms with Crippen molar-refractivity contribution in [3.05, 3.63) is 106 Å². The van der Waals surface area contributed by atoms with E-state index in [4.69, 9.17) is 16.3 Å². The third-order valence-electron chi connectivity index (χ3n) is 3.91. The van der Waals surface area contributed by atoms with Gasteiger partial charge in [-0.1, -0.05) is 47.5 Å². The second kappa shape index (κ2) is 8.47. The van der Waals surface area contributed by atoms with Crippen LogP contribution in [-0.4, -0.2) is 11.8 Å². The van der Waals surface area contributed by atoms with E-state index in [-0.39, 0.29) is 5.78 Å². The van der Waals surface area contributed by atoms with Crippen molar-refractivity contribution < 1.29 is 14.3 Å². The Labute approximate surface area is 162 Å². The van der Waals surface area contributed by atoms with E-state index < -0.39 is 5.97 Å². The highest BCUT2D eigenvalue weighted by Crippen LogP contribution is 2.16. The van der Waals surface area contributed by atoms with Crippen molar-refractivity contribution in [2.45, 2.75) is 6.92 Å². The lowest BCUT2D eigenvalue weighted by Gasteiger charge is -2.05. The Morgan fingerprint density at radius 1 is 0.889 bits per heavy atom. The Bertz CT molecular complexity index is 987. The molecule has 0 atom stereocenters. The summed E-state index contributed by atoms with van der Waals surface area (Å²) >= 11 is 5.93. The maximum Gasteiger partial charge on any atom is 0.343 e. The second-order valence-electron chi connectivity index (χ2n) is 6.03. The average Bonchev–Trinajstić information content (AvgIpc) is 2.67. The zero-order chi connectivity index (χ0) is 19.2. The summed E-state index contributed by atoms with van der Waals surface area (Å²) in [6.45, 7) is 1.95. The number of hydrogen-bond acceptors (Lipinski definition) is 3. The Morgan fingerprint density at radius 2 is 1.56 bits per heavy atom. The first kappa shape index (κ1) is 18.6. The molecule has 0 aliphatic carbocycles. The van der Waals surface area contributed by atoms with Crippen molar-refractivity contribution in [1.29, 1.82) is 0 Å². The molecule has 0 aromatic heterocycles. The van der Waals surface area contributed by atoms with Crippen LogP contribution in [0.5, 0.6) is 5.75 Å². The highest BCUT2D eigenvalue weighted by molar-refractivity contribution is 6.30. The van der Waals surface area contributed by atoms with E-state index in [1.54, 1.807) is 54.6 Å². The number of benzene rings is 3. The Morgan fingerprint density at radius 3 is 2.22 bits per heavy atom. The first-order valence-corrected chi connectivity index (χ1v) is 8.76. The van der Waals surface area contributed by atoms with Gasteiger partial charge in [0.05, 0.1) is 5.56 Å². The fraction of sp³-hybridized carbons (Fsp3) is 0.0435. The van der Waals surface area contributed by atoms with E-state index in [1.807, 2.05) is 31.2 Å². The number of ketones is 1. The molecule has 0 aliphatic rings. The third kappa shape index (κ3) is 5.16. The quantitative estimate of drug-likeness (QED) is 0.246. The molecule has 0 aliphatic heterocycles. The number of ether oxygens (including phenoxy) is 1. The lowest BCUT2D eigenvalue weighted by atomic mass is 10.1. The lowest BCUT2D eigenvalue weighted by molar-refractivity contribution is 0.0734. The molecule has 0 heterocycles. The van der Waals surface area contributed by atoms with Gasteiger partial charge in [-0.3, -0.25) is 4.79 Å². The minimum Gasteiger partial charge on any atom is -0.423 e. The van der Waals surface area contributed by atoms with Crippen LogP contribution in [0.2, 0.25) is 5.02 Å². The predicted molar refractivity (Wildman–Crippen MR) is 107 cm³/mol. The monoisotopic (exact) mass is 376 g/mol. The molecular weight excluding hydrogens is 360 g/mol. The summed E-state index contributed by atoms with van der Waals surface area (Å²) in [7, 11) is 0. The highest BCUT2D eigenvalue weighted by Gasteiger charge is 2.09. The lowest BCUT2D eigenvalue weighted by Crippen LogP contribution is -2.08. The second-order valence-corrected chi connectivity index (χ2v) is 6.47. The first-order valence-electron chi connectivity index (χ1n) is 8.38. The summed E-state index contributed by atoms with van der Waals surface area (Å²) in [4.78, 5) is 24.4. The van der Waals surface area contributed by atoms with Crippen LogP contribution in [0.1, 0.15) is 31.8 Å². The van der Waals surface area contributed by atoms with Crippen LogP contribution in [0.4, 0.5) is 0 Å². The minimum absolute atomic E-state index is 0.147. The number of carbonyl (C=O) groups excluding carboxylic acids is 2. The van der Waals surface area contributed by atoms with Crippen LogP contribution in [0, 0.1) is 6.92 Å². The molecule has 0 saturated carbocycles. The van der Waals surface area contributed by atoms with E-state index in [1.165, 1.54) is 6.08 Å². The van der Waals surface area contributed by atoms with E-state index in [2.05, 4.69) is 0 Å². The molecular formula is C23H17ClO3. The van der Waals surface area contributed by atoms with Crippen LogP contribution in [-0.2, 0) is 0 Å². The van der Waals surface area contributed by atoms with Crippen LogP contribution < -0.4 is 4.74 Å². The Hall–Kier alpha value is -3.17. The van der Waals surface area contributed by atoms with Crippen LogP contribution >= 0.6 is 11.6 Å². The summed E-state index contributed by atoms with van der Waals surface area (Å²) in [5, 5.41) is 0.615. The van der Waals surface area contributed by atoms with Gasteiger partial charge < -0.3 is 4.74 Å². The maximum absolute atomic E-state index is 12.3. The summed E-state index contributed by atoms with van der Waals surface area (Å²) in [5.74, 6) is -0.197. The van der Waals surface area contributed by atoms with Crippen molar-refractivity contribution in [3.8, 4) is 5.75 Å². The van der Waals surface area contributed by atoms with Gasteiger partial charge in [0.2, 0.25) is 0 Å². The predicted octanol–water partition coefficient (Wildman–Crippen LogP) is 5.76. The summed E-state index contributed by atoms with van der Waals surface area (Å²) in [6, 6.07) is 20.8. The third-order valence-corrected chi connectivity index (χ3v) is 4.15. The standard InChI is InChI=1S/C23H17ClO3/c1-16-5-8-19(9-6-16)23(26)27-21-12-10-18(11-13-21)22(25)14-7-17-3-2-4-20(24)15-17/h2-15H,1H3/b14-7+. The van der Waals surface area contributed by atoms with Gasteiger partial charge in [-0.2, -0.15) is 0 Å². The number of allylic oxidation sites excluding steroid dienone is 1. The van der Waals surface area contributed by atoms with Gasteiger partial charge in [0, 0.05) is 10.6 Å². The largest absolute Gasteiger partial charge is 0.423 e. The summed E-state index contributed by atoms with van der Waals surface area (Å²) in [6.07, 6.45) is 3.19. The van der Waals surface area contributed by atoms with Crippen LogP contribution in [0.15, 0.2) is 78.9 Å². The van der Waals surface area contributed by atoms with E-state index >= 15 is 0 Å². The van der Waals surface area contributed by atoms with Crippen LogP contribution in [0.3, 0.4) is 0 Å². The van der Waals surface area contributed by atoms with E-state index in [0.29, 0.717) is 21.9 Å². The minimum atomic E-state index is -0.435. The Kier molecular flexibility index (Phi) is 5.84. The van der Waals surface area contributed by atoms with E-state index in [9.17, 15) is 9.59 Å². The Balaban J connectivity index is 1.65. The molecule has 3 aromatic carbocycles. The molecule has 134 valence electrons. The molecule has 3 nitrogen and oxygen atoms in total. The first-order chi connectivity index (χ1) is 13.0. The number of aryl methyl sites for hydroxylation is 1. The number of esters is 1. The van der Waals surface area contributed by atoms with Gasteiger partial charge in [0.1, 0.15) is 5.75 Å². The number of rotatable bonds is 5. The highest BCUT2D eigenvalue weighted by atomic mass is 35.5. The zero-order valence-corrected chi connectivity index (χ0v) is 15.4. The van der Waals surface area contributed by atoms with Crippen molar-refractivity contribution in [2.75, 3.05) is 0 Å². The SMILES string of the molecule is Cc1ccc(C(=O)Oc2ccc(C(=O)/C=C/c3cccc(Cl)c3)cc2)cc1. The van der Waals surface area contributed by atoms with Gasteiger partial charge in [0.15, 0.2) is 5.78 Å². The molecule has 4 heteroatoms. The van der Waals surface area contributed by atoms with Crippen LogP contribution in [0.25, 0.3) is 6.08 Å². The molecule has 0 radical (unpaired) electrons. The molecule has 0 amide bonds. The van der Waals surface area contributed by atoms with Gasteiger partial charge in [-0.25, -0.2) is 4.79 Å². The summed E-state index contributed by atoms with van der Waals surface area (Å²) in [5.41, 5.74) is 2.90. The number of halogens is 1. The average molecular weight is 377 g/mol. The number of carbonyl (C=O) groups is 2. The normalized spacial score (nSPS) is 10.7. The van der Waals surface area contributed by atoms with Gasteiger partial charge >= 0.3 is 5.97 Å². The molecule has 0 unspecified atom stereocenters. The number of hydrogen-bond donors (Lipinski definition) is 0. The smallest absolute Gasteiger partial charge is 0.343 e. The topological polar surface area (TPSA) is 43.4 Å². The molecule has 0 fully saturated rings. The van der Waals surface area contributed by atoms with Gasteiger partial charge in [0.25, 0.3) is 0 Å². The molecule has 0 saturated heterocycles. The molecule has 0 bridgehead atoms. The van der Waals surface area contributed by atoms with E-state index in [0.717, 1.165) is 11.1 Å². The maximum atomic E-state index is 12.3. The van der Waals surface area contributed by atoms with Gasteiger partial charge in [-0.05, 0) is 67.1 Å². The van der Waals surface area contributed by atoms with Crippen molar-refractivity contribution in [3.63, 3.8) is 0 Å². The zero-order valence-electron chi connectivity index (χ0n) is 14.7. The van der Waals surface area contributed by atoms with Crippen molar-refractivity contribution in [1.82, 2.24) is 0 Å². The molecule has 0 spiro atoms. The van der Waals surface area contributed by atoms with Gasteiger partial charge in [-0.15, -0.1) is 0 Å². The van der Waals surface area contributed by atoms with Crippen molar-refractivity contribution in [2.24, 2.45) is 0 Å². The fourth-order valence-corrected chi connectivity index (χ4v) is 2.62. The van der Waals surface area contributed by atoms with Crippen molar-refractivity contribution >= 4 is 29.4 Å². The molecule has 3 rings (SSSR count). The molecule has 27 heavy (non-hydrogen) atoms. The molecule has 3 aromatic rings.